The monoisotopic (exact) mass is 435 g/mol. The van der Waals surface area contributed by atoms with Gasteiger partial charge in [0.15, 0.2) is 5.60 Å². The Bertz CT molecular complexity index is 792. The van der Waals surface area contributed by atoms with E-state index in [1.54, 1.807) is 0 Å². The van der Waals surface area contributed by atoms with Crippen LogP contribution in [0.4, 0.5) is 23.2 Å². The number of rotatable bonds is 5. The molecule has 2 aromatic rings. The van der Waals surface area contributed by atoms with E-state index in [0.29, 0.717) is 0 Å². The SMILES string of the molecule is C[C@](O)(COc1ccc(F)cc1)C(=O)Nc1ccc(Br)c(C(F)(F)F)c1. The highest BCUT2D eigenvalue weighted by Crippen LogP contribution is 2.36. The van der Waals surface area contributed by atoms with Crippen LogP contribution >= 0.6 is 15.9 Å². The summed E-state index contributed by atoms with van der Waals surface area (Å²) in [5, 5.41) is 12.4. The van der Waals surface area contributed by atoms with Crippen LogP contribution in [0.5, 0.6) is 5.75 Å². The van der Waals surface area contributed by atoms with Crippen molar-refractivity contribution in [2.24, 2.45) is 0 Å². The van der Waals surface area contributed by atoms with Crippen molar-refractivity contribution in [1.82, 2.24) is 0 Å². The number of halogens is 5. The van der Waals surface area contributed by atoms with E-state index in [4.69, 9.17) is 4.74 Å². The molecule has 0 aromatic heterocycles. The lowest BCUT2D eigenvalue weighted by Gasteiger charge is -2.23. The predicted molar refractivity (Wildman–Crippen MR) is 90.3 cm³/mol. The highest BCUT2D eigenvalue weighted by Gasteiger charge is 2.35. The van der Waals surface area contributed by atoms with E-state index in [0.717, 1.165) is 31.2 Å². The van der Waals surface area contributed by atoms with Crippen molar-refractivity contribution >= 4 is 27.5 Å². The van der Waals surface area contributed by atoms with E-state index in [-0.39, 0.29) is 15.9 Å². The van der Waals surface area contributed by atoms with Gasteiger partial charge in [-0.15, -0.1) is 0 Å². The lowest BCUT2D eigenvalue weighted by atomic mass is 10.1. The molecule has 1 amide bonds. The first-order valence-corrected chi connectivity index (χ1v) is 8.07. The van der Waals surface area contributed by atoms with E-state index in [9.17, 15) is 27.5 Å². The Morgan fingerprint density at radius 2 is 1.81 bits per heavy atom. The first kappa shape index (κ1) is 20.2. The minimum absolute atomic E-state index is 0.132. The molecule has 0 saturated heterocycles. The number of benzene rings is 2. The Hall–Kier alpha value is -2.13. The molecule has 4 nitrogen and oxygen atoms in total. The Morgan fingerprint density at radius 1 is 1.19 bits per heavy atom. The first-order chi connectivity index (χ1) is 12.0. The van der Waals surface area contributed by atoms with Crippen LogP contribution in [0, 0.1) is 5.82 Å². The molecule has 140 valence electrons. The summed E-state index contributed by atoms with van der Waals surface area (Å²) in [6.07, 6.45) is -4.60. The number of carbonyl (C=O) groups is 1. The van der Waals surface area contributed by atoms with Crippen LogP contribution in [-0.2, 0) is 11.0 Å². The maximum Gasteiger partial charge on any atom is 0.417 e. The molecule has 0 aliphatic heterocycles. The maximum absolute atomic E-state index is 12.9. The van der Waals surface area contributed by atoms with Gasteiger partial charge in [-0.2, -0.15) is 13.2 Å². The van der Waals surface area contributed by atoms with Crippen LogP contribution in [0.25, 0.3) is 0 Å². The van der Waals surface area contributed by atoms with Crippen LogP contribution in [-0.4, -0.2) is 23.2 Å². The molecule has 0 spiro atoms. The van der Waals surface area contributed by atoms with Gasteiger partial charge in [-0.3, -0.25) is 4.79 Å². The molecule has 2 N–H and O–H groups in total. The minimum Gasteiger partial charge on any atom is -0.490 e. The van der Waals surface area contributed by atoms with Crippen molar-refractivity contribution in [1.29, 1.82) is 0 Å². The Balaban J connectivity index is 2.06. The molecule has 0 aliphatic rings. The average Bonchev–Trinajstić information content (AvgIpc) is 2.55. The van der Waals surface area contributed by atoms with Gasteiger partial charge in [0.25, 0.3) is 5.91 Å². The third-order valence-corrected chi connectivity index (χ3v) is 4.04. The second kappa shape index (κ2) is 7.63. The standard InChI is InChI=1S/C17H14BrF4NO3/c1-16(25,9-26-12-5-2-10(19)3-6-12)15(24)23-11-4-7-14(18)13(8-11)17(20,21)22/h2-8,25H,9H2,1H3,(H,23,24)/t16-/m0/s1. The van der Waals surface area contributed by atoms with Crippen LogP contribution in [0.2, 0.25) is 0 Å². The van der Waals surface area contributed by atoms with Crippen molar-refractivity contribution in [3.63, 3.8) is 0 Å². The van der Waals surface area contributed by atoms with E-state index >= 15 is 0 Å². The van der Waals surface area contributed by atoms with Gasteiger partial charge in [-0.25, -0.2) is 4.39 Å². The van der Waals surface area contributed by atoms with E-state index in [1.165, 1.54) is 18.2 Å². The summed E-state index contributed by atoms with van der Waals surface area (Å²) in [5.74, 6) is -1.20. The zero-order valence-electron chi connectivity index (χ0n) is 13.4. The summed E-state index contributed by atoms with van der Waals surface area (Å²) in [6, 6.07) is 8.06. The fourth-order valence-electron chi connectivity index (χ4n) is 1.91. The van der Waals surface area contributed by atoms with Gasteiger partial charge in [0.05, 0.1) is 5.56 Å². The fourth-order valence-corrected chi connectivity index (χ4v) is 2.38. The smallest absolute Gasteiger partial charge is 0.417 e. The number of alkyl halides is 3. The second-order valence-electron chi connectivity index (χ2n) is 5.66. The van der Waals surface area contributed by atoms with E-state index in [2.05, 4.69) is 21.2 Å². The maximum atomic E-state index is 12.9. The van der Waals surface area contributed by atoms with Crippen molar-refractivity contribution in [2.75, 3.05) is 11.9 Å². The van der Waals surface area contributed by atoms with Crippen molar-refractivity contribution in [2.45, 2.75) is 18.7 Å². The number of anilines is 1. The zero-order valence-corrected chi connectivity index (χ0v) is 15.0. The molecule has 0 saturated carbocycles. The molecular formula is C17H14BrF4NO3. The molecule has 9 heteroatoms. The Morgan fingerprint density at radius 3 is 2.38 bits per heavy atom. The van der Waals surface area contributed by atoms with Crippen LogP contribution in [0.1, 0.15) is 12.5 Å². The van der Waals surface area contributed by atoms with Gasteiger partial charge in [0, 0.05) is 10.2 Å². The number of aliphatic hydroxyl groups is 1. The Kier molecular flexibility index (Phi) is 5.92. The van der Waals surface area contributed by atoms with Gasteiger partial charge in [0.1, 0.15) is 18.2 Å². The molecule has 0 unspecified atom stereocenters. The molecule has 0 aliphatic carbocycles. The molecule has 1 atom stereocenters. The van der Waals surface area contributed by atoms with Crippen molar-refractivity contribution in [3.8, 4) is 5.75 Å². The van der Waals surface area contributed by atoms with Crippen LogP contribution < -0.4 is 10.1 Å². The summed E-state index contributed by atoms with van der Waals surface area (Å²) in [5.41, 5.74) is -3.12. The predicted octanol–water partition coefficient (Wildman–Crippen LogP) is 4.38. The molecular weight excluding hydrogens is 422 g/mol. The summed E-state index contributed by atoms with van der Waals surface area (Å²) in [7, 11) is 0. The third-order valence-electron chi connectivity index (χ3n) is 3.35. The summed E-state index contributed by atoms with van der Waals surface area (Å²) < 4.78 is 56.6. The normalized spacial score (nSPS) is 13.8. The number of ether oxygens (including phenoxy) is 1. The lowest BCUT2D eigenvalue weighted by molar-refractivity contribution is -0.138. The van der Waals surface area contributed by atoms with Gasteiger partial charge in [-0.1, -0.05) is 15.9 Å². The van der Waals surface area contributed by atoms with Crippen LogP contribution in [0.15, 0.2) is 46.9 Å². The highest BCUT2D eigenvalue weighted by atomic mass is 79.9. The number of carbonyl (C=O) groups excluding carboxylic acids is 1. The zero-order chi connectivity index (χ0) is 19.5. The summed E-state index contributed by atoms with van der Waals surface area (Å²) in [4.78, 5) is 12.2. The van der Waals surface area contributed by atoms with Gasteiger partial charge in [-0.05, 0) is 49.4 Å². The number of amides is 1. The van der Waals surface area contributed by atoms with E-state index < -0.39 is 35.7 Å². The average molecular weight is 436 g/mol. The molecule has 0 heterocycles. The summed E-state index contributed by atoms with van der Waals surface area (Å²) >= 11 is 2.80. The first-order valence-electron chi connectivity index (χ1n) is 7.28. The molecule has 26 heavy (non-hydrogen) atoms. The number of hydrogen-bond donors (Lipinski definition) is 2. The topological polar surface area (TPSA) is 58.6 Å². The summed E-state index contributed by atoms with van der Waals surface area (Å²) in [6.45, 7) is 0.669. The lowest BCUT2D eigenvalue weighted by Crippen LogP contribution is -2.45. The van der Waals surface area contributed by atoms with E-state index in [1.807, 2.05) is 0 Å². The number of hydrogen-bond acceptors (Lipinski definition) is 3. The third kappa shape index (κ3) is 5.18. The fraction of sp³-hybridized carbons (Fsp3) is 0.235. The van der Waals surface area contributed by atoms with Crippen LogP contribution in [0.3, 0.4) is 0 Å². The van der Waals surface area contributed by atoms with Crippen molar-refractivity contribution < 1.29 is 32.2 Å². The molecule has 0 fully saturated rings. The highest BCUT2D eigenvalue weighted by molar-refractivity contribution is 9.10. The van der Waals surface area contributed by atoms with Gasteiger partial charge >= 0.3 is 6.18 Å². The number of nitrogens with one attached hydrogen (secondary N) is 1. The Labute approximate surface area is 154 Å². The van der Waals surface area contributed by atoms with Gasteiger partial charge in [0.2, 0.25) is 0 Å². The molecule has 0 bridgehead atoms. The largest absolute Gasteiger partial charge is 0.490 e. The molecule has 2 rings (SSSR count). The quantitative estimate of drug-likeness (QED) is 0.685. The second-order valence-corrected chi connectivity index (χ2v) is 6.52. The molecule has 0 radical (unpaired) electrons. The van der Waals surface area contributed by atoms with Gasteiger partial charge < -0.3 is 15.2 Å². The minimum atomic E-state index is -4.60. The molecule has 2 aromatic carbocycles. The van der Waals surface area contributed by atoms with Crippen molar-refractivity contribution in [3.05, 3.63) is 58.3 Å².